The van der Waals surface area contributed by atoms with Crippen LogP contribution in [0.4, 0.5) is 5.69 Å². The van der Waals surface area contributed by atoms with Crippen molar-refractivity contribution in [3.05, 3.63) is 82.3 Å². The Morgan fingerprint density at radius 1 is 1.07 bits per heavy atom. The zero-order chi connectivity index (χ0) is 19.4. The minimum Gasteiger partial charge on any atom is -0.480 e. The highest BCUT2D eigenvalue weighted by Crippen LogP contribution is 2.17. The quantitative estimate of drug-likeness (QED) is 0.725. The molecule has 1 aromatic heterocycles. The number of benzene rings is 2. The molecule has 0 bridgehead atoms. The maximum absolute atomic E-state index is 12.8. The molecule has 0 unspecified atom stereocenters. The highest BCUT2D eigenvalue weighted by atomic mass is 16.4. The molecule has 7 heteroatoms. The first-order chi connectivity index (χ1) is 13.0. The zero-order valence-electron chi connectivity index (χ0n) is 14.5. The van der Waals surface area contributed by atoms with Crippen molar-refractivity contribution < 1.29 is 14.7 Å². The van der Waals surface area contributed by atoms with Crippen molar-refractivity contribution in [2.24, 2.45) is 0 Å². The van der Waals surface area contributed by atoms with E-state index in [0.29, 0.717) is 11.1 Å². The van der Waals surface area contributed by atoms with Gasteiger partial charge in [0.05, 0.1) is 6.20 Å². The van der Waals surface area contributed by atoms with Crippen LogP contribution >= 0.6 is 0 Å². The molecule has 2 aromatic carbocycles. The van der Waals surface area contributed by atoms with Gasteiger partial charge in [0, 0.05) is 11.1 Å². The van der Waals surface area contributed by atoms with Crippen molar-refractivity contribution in [2.45, 2.75) is 13.5 Å². The number of amides is 1. The van der Waals surface area contributed by atoms with E-state index in [9.17, 15) is 19.5 Å². The molecule has 0 aliphatic heterocycles. The number of nitrogens with one attached hydrogen (secondary N) is 1. The first-order valence-corrected chi connectivity index (χ1v) is 8.21. The third-order valence-corrected chi connectivity index (χ3v) is 3.93. The van der Waals surface area contributed by atoms with Crippen molar-refractivity contribution in [3.63, 3.8) is 0 Å². The molecule has 0 fully saturated rings. The number of carboxylic acid groups (broad SMARTS) is 1. The molecule has 2 N–H and O–H groups in total. The van der Waals surface area contributed by atoms with Crippen LogP contribution in [0.1, 0.15) is 15.9 Å². The fourth-order valence-corrected chi connectivity index (χ4v) is 2.58. The lowest BCUT2D eigenvalue weighted by Crippen LogP contribution is -2.30. The summed E-state index contributed by atoms with van der Waals surface area (Å²) in [5.41, 5.74) is 1.30. The Morgan fingerprint density at radius 3 is 2.37 bits per heavy atom. The molecule has 0 saturated heterocycles. The molecule has 0 saturated carbocycles. The van der Waals surface area contributed by atoms with Gasteiger partial charge in [-0.15, -0.1) is 0 Å². The zero-order valence-corrected chi connectivity index (χ0v) is 14.5. The summed E-state index contributed by atoms with van der Waals surface area (Å²) in [5, 5.41) is 11.7. The second-order valence-corrected chi connectivity index (χ2v) is 5.97. The summed E-state index contributed by atoms with van der Waals surface area (Å²) in [6, 6.07) is 15.6. The van der Waals surface area contributed by atoms with Gasteiger partial charge in [-0.05, 0) is 19.1 Å². The van der Waals surface area contributed by atoms with Crippen molar-refractivity contribution in [1.29, 1.82) is 0 Å². The lowest BCUT2D eigenvalue weighted by atomic mass is 10.1. The van der Waals surface area contributed by atoms with Crippen molar-refractivity contribution in [2.75, 3.05) is 5.32 Å². The summed E-state index contributed by atoms with van der Waals surface area (Å²) in [7, 11) is 0. The Kier molecular flexibility index (Phi) is 5.12. The maximum atomic E-state index is 12.8. The average Bonchev–Trinajstić information content (AvgIpc) is 2.66. The molecule has 27 heavy (non-hydrogen) atoms. The van der Waals surface area contributed by atoms with Gasteiger partial charge in [-0.3, -0.25) is 19.0 Å². The summed E-state index contributed by atoms with van der Waals surface area (Å²) in [6.07, 6.45) is 1.25. The number of anilines is 1. The fourth-order valence-electron chi connectivity index (χ4n) is 2.58. The normalized spacial score (nSPS) is 10.4. The number of nitrogens with zero attached hydrogens (tertiary/aromatic N) is 2. The van der Waals surface area contributed by atoms with Crippen LogP contribution in [0.25, 0.3) is 11.4 Å². The van der Waals surface area contributed by atoms with Crippen LogP contribution in [-0.4, -0.2) is 26.5 Å². The van der Waals surface area contributed by atoms with Gasteiger partial charge in [0.25, 0.3) is 11.5 Å². The topological polar surface area (TPSA) is 101 Å². The number of aryl methyl sites for hydroxylation is 1. The van der Waals surface area contributed by atoms with Gasteiger partial charge < -0.3 is 10.4 Å². The summed E-state index contributed by atoms with van der Waals surface area (Å²) in [4.78, 5) is 40.5. The molecule has 0 spiro atoms. The van der Waals surface area contributed by atoms with Gasteiger partial charge in [0.15, 0.2) is 0 Å². The van der Waals surface area contributed by atoms with Crippen LogP contribution < -0.4 is 10.9 Å². The van der Waals surface area contributed by atoms with Gasteiger partial charge >= 0.3 is 5.97 Å². The minimum atomic E-state index is -1.18. The van der Waals surface area contributed by atoms with E-state index in [-0.39, 0.29) is 11.5 Å². The number of hydrogen-bond donors (Lipinski definition) is 2. The molecule has 0 aliphatic carbocycles. The highest BCUT2D eigenvalue weighted by Gasteiger charge is 2.16. The van der Waals surface area contributed by atoms with Gasteiger partial charge in [-0.1, -0.05) is 48.0 Å². The fraction of sp³-hybridized carbons (Fsp3) is 0.100. The van der Waals surface area contributed by atoms with Crippen molar-refractivity contribution in [1.82, 2.24) is 9.55 Å². The molecule has 3 rings (SSSR count). The molecular formula is C20H17N3O4. The van der Waals surface area contributed by atoms with E-state index >= 15 is 0 Å². The standard InChI is InChI=1S/C20H17N3O4/c1-13-7-9-14(10-8-13)18-21-11-16(20(27)23(18)12-17(24)25)22-19(26)15-5-3-2-4-6-15/h2-11H,12H2,1H3,(H,22,26)(H,24,25). The number of aromatic nitrogens is 2. The lowest BCUT2D eigenvalue weighted by Gasteiger charge is -2.13. The third kappa shape index (κ3) is 4.09. The first-order valence-electron chi connectivity index (χ1n) is 8.21. The van der Waals surface area contributed by atoms with Gasteiger partial charge in [0.1, 0.15) is 18.1 Å². The second kappa shape index (κ2) is 7.65. The molecule has 0 radical (unpaired) electrons. The summed E-state index contributed by atoms with van der Waals surface area (Å²) in [6.45, 7) is 1.36. The van der Waals surface area contributed by atoms with Crippen LogP contribution in [0.5, 0.6) is 0 Å². The summed E-state index contributed by atoms with van der Waals surface area (Å²) < 4.78 is 1.04. The second-order valence-electron chi connectivity index (χ2n) is 5.97. The van der Waals surface area contributed by atoms with Crippen LogP contribution in [0.2, 0.25) is 0 Å². The number of carbonyl (C=O) groups excluding carboxylic acids is 1. The molecule has 0 aliphatic rings. The Hall–Kier alpha value is -3.74. The smallest absolute Gasteiger partial charge is 0.323 e. The predicted molar refractivity (Wildman–Crippen MR) is 101 cm³/mol. The first kappa shape index (κ1) is 18.1. The van der Waals surface area contributed by atoms with Crippen LogP contribution in [0, 0.1) is 6.92 Å². The SMILES string of the molecule is Cc1ccc(-c2ncc(NC(=O)c3ccccc3)c(=O)n2CC(=O)O)cc1. The van der Waals surface area contributed by atoms with Gasteiger partial charge in [-0.2, -0.15) is 0 Å². The highest BCUT2D eigenvalue weighted by molar-refractivity contribution is 6.04. The van der Waals surface area contributed by atoms with E-state index in [4.69, 9.17) is 0 Å². The Morgan fingerprint density at radius 2 is 1.74 bits per heavy atom. The molecule has 7 nitrogen and oxygen atoms in total. The Balaban J connectivity index is 2.02. The van der Waals surface area contributed by atoms with E-state index in [1.807, 2.05) is 19.1 Å². The number of carboxylic acids is 1. The van der Waals surface area contributed by atoms with E-state index in [2.05, 4.69) is 10.3 Å². The number of carbonyl (C=O) groups is 2. The van der Waals surface area contributed by atoms with E-state index in [0.717, 1.165) is 10.1 Å². The number of aliphatic carboxylic acids is 1. The lowest BCUT2D eigenvalue weighted by molar-refractivity contribution is -0.137. The average molecular weight is 363 g/mol. The summed E-state index contributed by atoms with van der Waals surface area (Å²) >= 11 is 0. The third-order valence-electron chi connectivity index (χ3n) is 3.93. The maximum Gasteiger partial charge on any atom is 0.323 e. The molecule has 3 aromatic rings. The monoisotopic (exact) mass is 363 g/mol. The molecule has 1 amide bonds. The van der Waals surface area contributed by atoms with Crippen molar-refractivity contribution in [3.8, 4) is 11.4 Å². The minimum absolute atomic E-state index is 0.0824. The predicted octanol–water partition coefficient (Wildman–Crippen LogP) is 2.56. The van der Waals surface area contributed by atoms with Crippen LogP contribution in [-0.2, 0) is 11.3 Å². The van der Waals surface area contributed by atoms with E-state index < -0.39 is 24.0 Å². The van der Waals surface area contributed by atoms with Crippen molar-refractivity contribution >= 4 is 17.6 Å². The summed E-state index contributed by atoms with van der Waals surface area (Å²) in [5.74, 6) is -1.43. The van der Waals surface area contributed by atoms with E-state index in [1.54, 1.807) is 42.5 Å². The van der Waals surface area contributed by atoms with Crippen LogP contribution in [0.3, 0.4) is 0 Å². The molecule has 1 heterocycles. The molecule has 136 valence electrons. The van der Waals surface area contributed by atoms with E-state index in [1.165, 1.54) is 6.20 Å². The number of rotatable bonds is 5. The Labute approximate surface area is 154 Å². The molecular weight excluding hydrogens is 346 g/mol. The van der Waals surface area contributed by atoms with Crippen LogP contribution in [0.15, 0.2) is 65.6 Å². The van der Waals surface area contributed by atoms with Gasteiger partial charge in [-0.25, -0.2) is 4.98 Å². The Bertz CT molecular complexity index is 1040. The van der Waals surface area contributed by atoms with Gasteiger partial charge in [0.2, 0.25) is 0 Å². The largest absolute Gasteiger partial charge is 0.480 e. The number of hydrogen-bond acceptors (Lipinski definition) is 4. The molecule has 0 atom stereocenters.